The molecule has 0 fully saturated rings. The highest BCUT2D eigenvalue weighted by Crippen LogP contribution is 2.17. The molecule has 1 aromatic heterocycles. The lowest BCUT2D eigenvalue weighted by atomic mass is 10.3. The molecule has 0 bridgehead atoms. The molecule has 1 N–H and O–H groups in total. The van der Waals surface area contributed by atoms with Crippen molar-refractivity contribution in [3.8, 4) is 5.69 Å². The van der Waals surface area contributed by atoms with Crippen LogP contribution in [0.2, 0.25) is 10.0 Å². The van der Waals surface area contributed by atoms with E-state index in [1.54, 1.807) is 42.2 Å². The fraction of sp³-hybridized carbons (Fsp3) is 0.200. The van der Waals surface area contributed by atoms with Crippen molar-refractivity contribution < 1.29 is 0 Å². The van der Waals surface area contributed by atoms with Gasteiger partial charge in [-0.1, -0.05) is 29.3 Å². The summed E-state index contributed by atoms with van der Waals surface area (Å²) >= 11 is 13.7. The van der Waals surface area contributed by atoms with Crippen LogP contribution in [0.1, 0.15) is 0 Å². The van der Waals surface area contributed by atoms with E-state index in [9.17, 15) is 4.79 Å². The molecule has 116 valence electrons. The second kappa shape index (κ2) is 8.27. The lowest BCUT2D eigenvalue weighted by Gasteiger charge is -2.10. The first-order valence-electron chi connectivity index (χ1n) is 6.59. The lowest BCUT2D eigenvalue weighted by Crippen LogP contribution is -2.23. The predicted molar refractivity (Wildman–Crippen MR) is 95.9 cm³/mol. The Labute approximate surface area is 143 Å². The highest BCUT2D eigenvalue weighted by molar-refractivity contribution is 7.99. The van der Waals surface area contributed by atoms with Crippen molar-refractivity contribution in [1.82, 2.24) is 9.78 Å². The topological polar surface area (TPSA) is 46.9 Å². The standard InChI is InChI=1S/C15H15Cl2N3OS/c1-2-8-22-9-7-18-13-10-19-20(15(21)14(13)17)12-5-3-11(16)4-6-12/h2-6,10,18H,1,7-9H2. The van der Waals surface area contributed by atoms with E-state index in [-0.39, 0.29) is 10.6 Å². The Bertz CT molecular complexity index is 701. The van der Waals surface area contributed by atoms with Gasteiger partial charge in [0.05, 0.1) is 17.6 Å². The van der Waals surface area contributed by atoms with Gasteiger partial charge in [0.2, 0.25) is 0 Å². The average molecular weight is 356 g/mol. The summed E-state index contributed by atoms with van der Waals surface area (Å²) in [4.78, 5) is 12.3. The molecule has 2 aromatic rings. The van der Waals surface area contributed by atoms with E-state index in [1.165, 1.54) is 4.68 Å². The van der Waals surface area contributed by atoms with E-state index in [4.69, 9.17) is 23.2 Å². The minimum absolute atomic E-state index is 0.124. The van der Waals surface area contributed by atoms with E-state index in [0.29, 0.717) is 22.9 Å². The molecule has 0 spiro atoms. The summed E-state index contributed by atoms with van der Waals surface area (Å²) < 4.78 is 1.25. The molecule has 0 saturated carbocycles. The Hall–Kier alpha value is -1.43. The summed E-state index contributed by atoms with van der Waals surface area (Å²) in [5, 5.41) is 7.98. The number of benzene rings is 1. The van der Waals surface area contributed by atoms with Crippen molar-refractivity contribution in [2.24, 2.45) is 0 Å². The first-order chi connectivity index (χ1) is 10.6. The predicted octanol–water partition coefficient (Wildman–Crippen LogP) is 3.87. The van der Waals surface area contributed by atoms with E-state index >= 15 is 0 Å². The molecule has 1 aromatic carbocycles. The van der Waals surface area contributed by atoms with Gasteiger partial charge < -0.3 is 5.32 Å². The second-order valence-corrected chi connectivity index (χ2v) is 6.32. The van der Waals surface area contributed by atoms with Gasteiger partial charge in [-0.2, -0.15) is 21.5 Å². The Morgan fingerprint density at radius 3 is 2.73 bits per heavy atom. The molecule has 0 amide bonds. The maximum Gasteiger partial charge on any atom is 0.292 e. The van der Waals surface area contributed by atoms with Gasteiger partial charge in [0.15, 0.2) is 0 Å². The lowest BCUT2D eigenvalue weighted by molar-refractivity contribution is 0.807. The number of nitrogens with one attached hydrogen (secondary N) is 1. The van der Waals surface area contributed by atoms with Crippen molar-refractivity contribution in [2.75, 3.05) is 23.4 Å². The molecule has 0 aliphatic rings. The highest BCUT2D eigenvalue weighted by Gasteiger charge is 2.10. The number of thioether (sulfide) groups is 1. The van der Waals surface area contributed by atoms with Crippen molar-refractivity contribution >= 4 is 40.7 Å². The van der Waals surface area contributed by atoms with Crippen LogP contribution in [-0.4, -0.2) is 27.8 Å². The molecule has 0 unspecified atom stereocenters. The van der Waals surface area contributed by atoms with Gasteiger partial charge in [-0.3, -0.25) is 4.79 Å². The van der Waals surface area contributed by atoms with Gasteiger partial charge in [-0.05, 0) is 24.3 Å². The Morgan fingerprint density at radius 1 is 1.32 bits per heavy atom. The van der Waals surface area contributed by atoms with E-state index < -0.39 is 0 Å². The Morgan fingerprint density at radius 2 is 2.05 bits per heavy atom. The molecule has 0 aliphatic carbocycles. The molecule has 4 nitrogen and oxygen atoms in total. The molecular weight excluding hydrogens is 341 g/mol. The van der Waals surface area contributed by atoms with Gasteiger partial charge in [-0.25, -0.2) is 0 Å². The van der Waals surface area contributed by atoms with Gasteiger partial charge >= 0.3 is 0 Å². The Kier molecular flexibility index (Phi) is 6.36. The van der Waals surface area contributed by atoms with Gasteiger partial charge in [0, 0.05) is 23.1 Å². The van der Waals surface area contributed by atoms with Crippen LogP contribution in [0.4, 0.5) is 5.69 Å². The number of hydrogen-bond donors (Lipinski definition) is 1. The van der Waals surface area contributed by atoms with Crippen LogP contribution in [0.15, 0.2) is 47.9 Å². The maximum absolute atomic E-state index is 12.3. The third kappa shape index (κ3) is 4.29. The highest BCUT2D eigenvalue weighted by atomic mass is 35.5. The van der Waals surface area contributed by atoms with Crippen molar-refractivity contribution in [2.45, 2.75) is 0 Å². The van der Waals surface area contributed by atoms with Crippen molar-refractivity contribution in [3.05, 3.63) is 63.5 Å². The van der Waals surface area contributed by atoms with Gasteiger partial charge in [0.1, 0.15) is 5.02 Å². The van der Waals surface area contributed by atoms with Crippen LogP contribution in [0, 0.1) is 0 Å². The number of anilines is 1. The monoisotopic (exact) mass is 355 g/mol. The van der Waals surface area contributed by atoms with E-state index in [1.807, 2.05) is 6.08 Å². The fourth-order valence-electron chi connectivity index (χ4n) is 1.75. The number of halogens is 2. The van der Waals surface area contributed by atoms with Crippen LogP contribution in [0.5, 0.6) is 0 Å². The molecular formula is C15H15Cl2N3OS. The molecule has 2 rings (SSSR count). The maximum atomic E-state index is 12.3. The summed E-state index contributed by atoms with van der Waals surface area (Å²) in [5.74, 6) is 1.79. The molecule has 1 heterocycles. The third-order valence-electron chi connectivity index (χ3n) is 2.79. The van der Waals surface area contributed by atoms with Crippen LogP contribution in [0.3, 0.4) is 0 Å². The average Bonchev–Trinajstić information content (AvgIpc) is 2.52. The minimum Gasteiger partial charge on any atom is -0.382 e. The van der Waals surface area contributed by atoms with Crippen molar-refractivity contribution in [1.29, 1.82) is 0 Å². The number of rotatable bonds is 7. The smallest absolute Gasteiger partial charge is 0.292 e. The molecule has 0 aliphatic heterocycles. The summed E-state index contributed by atoms with van der Waals surface area (Å²) in [7, 11) is 0. The van der Waals surface area contributed by atoms with Crippen LogP contribution >= 0.6 is 35.0 Å². The second-order valence-electron chi connectivity index (χ2n) is 4.36. The normalized spacial score (nSPS) is 10.5. The number of aromatic nitrogens is 2. The largest absolute Gasteiger partial charge is 0.382 e. The number of hydrogen-bond acceptors (Lipinski definition) is 4. The zero-order chi connectivity index (χ0) is 15.9. The fourth-order valence-corrected chi connectivity index (χ4v) is 2.65. The summed E-state index contributed by atoms with van der Waals surface area (Å²) in [6.45, 7) is 4.36. The van der Waals surface area contributed by atoms with Crippen LogP contribution in [0.25, 0.3) is 5.69 Å². The van der Waals surface area contributed by atoms with Crippen molar-refractivity contribution in [3.63, 3.8) is 0 Å². The first-order valence-corrected chi connectivity index (χ1v) is 8.51. The molecule has 0 atom stereocenters. The summed E-state index contributed by atoms with van der Waals surface area (Å²) in [6, 6.07) is 6.82. The first kappa shape index (κ1) is 16.9. The SMILES string of the molecule is C=CCSCCNc1cnn(-c2ccc(Cl)cc2)c(=O)c1Cl. The quantitative estimate of drug-likeness (QED) is 0.604. The Balaban J connectivity index is 2.13. The van der Waals surface area contributed by atoms with E-state index in [0.717, 1.165) is 11.5 Å². The molecule has 22 heavy (non-hydrogen) atoms. The summed E-state index contributed by atoms with van der Waals surface area (Å²) in [5.41, 5.74) is 0.785. The zero-order valence-corrected chi connectivity index (χ0v) is 14.1. The molecule has 0 radical (unpaired) electrons. The number of nitrogens with zero attached hydrogens (tertiary/aromatic N) is 2. The summed E-state index contributed by atoms with van der Waals surface area (Å²) in [6.07, 6.45) is 3.41. The van der Waals surface area contributed by atoms with Crippen LogP contribution in [-0.2, 0) is 0 Å². The van der Waals surface area contributed by atoms with Gasteiger partial charge in [0.25, 0.3) is 5.56 Å². The zero-order valence-electron chi connectivity index (χ0n) is 11.8. The third-order valence-corrected chi connectivity index (χ3v) is 4.37. The molecule has 0 saturated heterocycles. The van der Waals surface area contributed by atoms with Crippen LogP contribution < -0.4 is 10.9 Å². The van der Waals surface area contributed by atoms with E-state index in [2.05, 4.69) is 17.0 Å². The minimum atomic E-state index is -0.368. The molecule has 7 heteroatoms. The van der Waals surface area contributed by atoms with Gasteiger partial charge in [-0.15, -0.1) is 6.58 Å².